The van der Waals surface area contributed by atoms with Crippen molar-refractivity contribution in [3.8, 4) is 17.5 Å². The fraction of sp³-hybridized carbons (Fsp3) is 0.600. The highest BCUT2D eigenvalue weighted by Crippen LogP contribution is 2.30. The minimum Gasteiger partial charge on any atom is -0.474 e. The summed E-state index contributed by atoms with van der Waals surface area (Å²) in [5.74, 6) is 2.23. The van der Waals surface area contributed by atoms with Gasteiger partial charge in [-0.15, -0.1) is 5.06 Å². The molecule has 1 fully saturated rings. The second kappa shape index (κ2) is 13.2. The first-order valence-electron chi connectivity index (χ1n) is 12.3. The third-order valence-corrected chi connectivity index (χ3v) is 5.31. The molecule has 1 saturated heterocycles. The average molecular weight is 504 g/mol. The molecule has 11 nitrogen and oxygen atoms in total. The molecule has 1 N–H and O–H groups in total. The van der Waals surface area contributed by atoms with Crippen molar-refractivity contribution in [2.24, 2.45) is 0 Å². The zero-order chi connectivity index (χ0) is 26.1. The van der Waals surface area contributed by atoms with E-state index < -0.39 is 6.16 Å². The molecule has 0 amide bonds. The Morgan fingerprint density at radius 2 is 1.81 bits per heavy atom. The van der Waals surface area contributed by atoms with E-state index in [1.165, 1.54) is 6.33 Å². The molecular formula is C25H37N5O6. The molecule has 11 heteroatoms. The number of aryl methyl sites for hydroxylation is 1. The number of ether oxygens (including phenoxy) is 4. The number of rotatable bonds is 11. The second-order valence-electron chi connectivity index (χ2n) is 9.09. The number of hydroxylamine groups is 2. The normalized spacial score (nSPS) is 14.7. The number of carbonyl (C=O) groups excluding carboxylic acids is 1. The Labute approximate surface area is 212 Å². The third kappa shape index (κ3) is 8.49. The molecule has 0 aromatic carbocycles. The van der Waals surface area contributed by atoms with Gasteiger partial charge in [0.25, 0.3) is 0 Å². The molecule has 3 rings (SSSR count). The molecule has 1 aliphatic rings. The third-order valence-electron chi connectivity index (χ3n) is 5.31. The second-order valence-corrected chi connectivity index (χ2v) is 9.09. The number of piperidine rings is 1. The van der Waals surface area contributed by atoms with Gasteiger partial charge in [-0.25, -0.2) is 19.7 Å². The van der Waals surface area contributed by atoms with Crippen LogP contribution in [0.5, 0.6) is 17.5 Å². The minimum atomic E-state index is -0.688. The van der Waals surface area contributed by atoms with Crippen molar-refractivity contribution in [2.75, 3.05) is 31.6 Å². The van der Waals surface area contributed by atoms with Gasteiger partial charge >= 0.3 is 6.16 Å². The van der Waals surface area contributed by atoms with Crippen LogP contribution < -0.4 is 14.8 Å². The number of anilines is 1. The Morgan fingerprint density at radius 1 is 1.08 bits per heavy atom. The first-order chi connectivity index (χ1) is 17.2. The first kappa shape index (κ1) is 27.4. The van der Waals surface area contributed by atoms with E-state index in [2.05, 4.69) is 20.3 Å². The molecule has 2 aromatic heterocycles. The summed E-state index contributed by atoms with van der Waals surface area (Å²) in [5.41, 5.74) is 1.43. The Morgan fingerprint density at radius 3 is 2.47 bits per heavy atom. The van der Waals surface area contributed by atoms with Crippen molar-refractivity contribution in [1.29, 1.82) is 0 Å². The van der Waals surface area contributed by atoms with E-state index >= 15 is 0 Å². The van der Waals surface area contributed by atoms with Crippen molar-refractivity contribution in [3.63, 3.8) is 0 Å². The minimum absolute atomic E-state index is 0.0687. The Bertz CT molecular complexity index is 995. The molecule has 0 radical (unpaired) electrons. The van der Waals surface area contributed by atoms with Gasteiger partial charge in [-0.2, -0.15) is 0 Å². The SMILES string of the molecule is Cc1nc(NCCOC(C)C)ccc1Oc1ncnc(OC2CCN(OC(=O)OC(C)C)CC2)c1C. The van der Waals surface area contributed by atoms with Crippen molar-refractivity contribution >= 4 is 12.0 Å². The smallest absolute Gasteiger partial charge is 0.474 e. The van der Waals surface area contributed by atoms with E-state index in [-0.39, 0.29) is 18.3 Å². The maximum atomic E-state index is 11.7. The van der Waals surface area contributed by atoms with E-state index in [9.17, 15) is 4.79 Å². The van der Waals surface area contributed by atoms with Crippen LogP contribution in [0.4, 0.5) is 10.6 Å². The summed E-state index contributed by atoms with van der Waals surface area (Å²) >= 11 is 0. The molecule has 0 spiro atoms. The van der Waals surface area contributed by atoms with Crippen LogP contribution in [0.25, 0.3) is 0 Å². The van der Waals surface area contributed by atoms with Crippen molar-refractivity contribution in [3.05, 3.63) is 29.7 Å². The summed E-state index contributed by atoms with van der Waals surface area (Å²) in [5, 5.41) is 4.84. The largest absolute Gasteiger partial charge is 0.528 e. The summed E-state index contributed by atoms with van der Waals surface area (Å²) in [6.07, 6.45) is 1.99. The number of aromatic nitrogens is 3. The van der Waals surface area contributed by atoms with Crippen molar-refractivity contribution in [2.45, 2.75) is 72.7 Å². The number of carbonyl (C=O) groups is 1. The summed E-state index contributed by atoms with van der Waals surface area (Å²) in [4.78, 5) is 30.0. The summed E-state index contributed by atoms with van der Waals surface area (Å²) < 4.78 is 22.7. The Balaban J connectivity index is 1.53. The fourth-order valence-corrected chi connectivity index (χ4v) is 3.49. The number of pyridine rings is 1. The van der Waals surface area contributed by atoms with Gasteiger partial charge in [-0.1, -0.05) is 0 Å². The van der Waals surface area contributed by atoms with Gasteiger partial charge in [0.05, 0.1) is 30.1 Å². The van der Waals surface area contributed by atoms with Gasteiger partial charge in [-0.3, -0.25) is 0 Å². The van der Waals surface area contributed by atoms with E-state index in [4.69, 9.17) is 23.8 Å². The van der Waals surface area contributed by atoms with E-state index in [1.54, 1.807) is 18.9 Å². The number of hydrogen-bond donors (Lipinski definition) is 1. The topological polar surface area (TPSA) is 117 Å². The van der Waals surface area contributed by atoms with Gasteiger partial charge in [0, 0.05) is 32.5 Å². The fourth-order valence-electron chi connectivity index (χ4n) is 3.49. The molecule has 36 heavy (non-hydrogen) atoms. The standard InChI is InChI=1S/C25H37N5O6/c1-16(2)32-14-11-26-22-8-7-21(19(6)29-22)35-24-18(5)23(27-15-28-24)34-20-9-12-30(13-10-20)36-25(31)33-17(3)4/h7-8,15-17,20H,9-14H2,1-6H3,(H,26,29). The molecule has 3 heterocycles. The lowest BCUT2D eigenvalue weighted by Gasteiger charge is -2.30. The zero-order valence-electron chi connectivity index (χ0n) is 21.9. The summed E-state index contributed by atoms with van der Waals surface area (Å²) in [7, 11) is 0. The molecule has 1 aliphatic heterocycles. The van der Waals surface area contributed by atoms with Crippen LogP contribution in [0, 0.1) is 13.8 Å². The Kier molecular flexibility index (Phi) is 10.1. The van der Waals surface area contributed by atoms with Gasteiger partial charge in [-0.05, 0) is 53.7 Å². The first-order valence-corrected chi connectivity index (χ1v) is 12.3. The zero-order valence-corrected chi connectivity index (χ0v) is 21.9. The van der Waals surface area contributed by atoms with Crippen LogP contribution in [0.3, 0.4) is 0 Å². The maximum absolute atomic E-state index is 11.7. The van der Waals surface area contributed by atoms with Crippen LogP contribution in [0.1, 0.15) is 51.8 Å². The van der Waals surface area contributed by atoms with Crippen LogP contribution in [0.15, 0.2) is 18.5 Å². The average Bonchev–Trinajstić information content (AvgIpc) is 2.81. The predicted molar refractivity (Wildman–Crippen MR) is 133 cm³/mol. The van der Waals surface area contributed by atoms with Crippen LogP contribution in [-0.4, -0.2) is 70.7 Å². The molecular weight excluding hydrogens is 466 g/mol. The lowest BCUT2D eigenvalue weighted by molar-refractivity contribution is -0.151. The quantitative estimate of drug-likeness (QED) is 0.346. The van der Waals surface area contributed by atoms with Gasteiger partial charge in [0.15, 0.2) is 5.75 Å². The monoisotopic (exact) mass is 503 g/mol. The highest BCUT2D eigenvalue weighted by atomic mass is 16.8. The molecule has 0 bridgehead atoms. The molecule has 0 unspecified atom stereocenters. The highest BCUT2D eigenvalue weighted by Gasteiger charge is 2.25. The lowest BCUT2D eigenvalue weighted by Crippen LogP contribution is -2.40. The number of nitrogens with zero attached hydrogens (tertiary/aromatic N) is 4. The Hall–Kier alpha value is -3.18. The van der Waals surface area contributed by atoms with Gasteiger partial charge < -0.3 is 29.1 Å². The van der Waals surface area contributed by atoms with Crippen LogP contribution in [-0.2, 0) is 14.3 Å². The lowest BCUT2D eigenvalue weighted by atomic mass is 10.1. The number of hydrogen-bond acceptors (Lipinski definition) is 11. The van der Waals surface area contributed by atoms with E-state index in [0.29, 0.717) is 62.2 Å². The van der Waals surface area contributed by atoms with E-state index in [1.807, 2.05) is 39.8 Å². The van der Waals surface area contributed by atoms with Crippen molar-refractivity contribution in [1.82, 2.24) is 20.0 Å². The predicted octanol–water partition coefficient (Wildman–Crippen LogP) is 4.44. The molecule has 0 aliphatic carbocycles. The molecule has 2 aromatic rings. The van der Waals surface area contributed by atoms with Gasteiger partial charge in [0.1, 0.15) is 18.2 Å². The summed E-state index contributed by atoms with van der Waals surface area (Å²) in [6.45, 7) is 13.7. The summed E-state index contributed by atoms with van der Waals surface area (Å²) in [6, 6.07) is 3.72. The highest BCUT2D eigenvalue weighted by molar-refractivity contribution is 5.59. The van der Waals surface area contributed by atoms with Crippen LogP contribution >= 0.6 is 0 Å². The van der Waals surface area contributed by atoms with Crippen LogP contribution in [0.2, 0.25) is 0 Å². The van der Waals surface area contributed by atoms with Crippen molar-refractivity contribution < 1.29 is 28.6 Å². The maximum Gasteiger partial charge on any atom is 0.528 e. The van der Waals surface area contributed by atoms with Gasteiger partial charge in [0.2, 0.25) is 11.8 Å². The molecule has 0 atom stereocenters. The number of nitrogens with one attached hydrogen (secondary N) is 1. The molecule has 198 valence electrons. The van der Waals surface area contributed by atoms with E-state index in [0.717, 1.165) is 11.5 Å². The molecule has 0 saturated carbocycles.